The van der Waals surface area contributed by atoms with Crippen molar-refractivity contribution in [3.05, 3.63) is 29.8 Å². The van der Waals surface area contributed by atoms with E-state index in [1.54, 1.807) is 0 Å². The first-order chi connectivity index (χ1) is 14.2. The molecule has 1 saturated carbocycles. The zero-order chi connectivity index (χ0) is 25.2. The van der Waals surface area contributed by atoms with E-state index in [0.29, 0.717) is 0 Å². The van der Waals surface area contributed by atoms with Gasteiger partial charge in [0.15, 0.2) is 15.6 Å². The maximum Gasteiger partial charge on any atom is 0.178 e. The van der Waals surface area contributed by atoms with Gasteiger partial charge in [0.2, 0.25) is 0 Å². The van der Waals surface area contributed by atoms with Gasteiger partial charge in [0, 0.05) is 27.1 Å². The second-order valence-electron chi connectivity index (χ2n) is 4.35. The molecule has 0 unspecified atom stereocenters. The highest BCUT2D eigenvalue weighted by Gasteiger charge is 2.23. The van der Waals surface area contributed by atoms with Gasteiger partial charge in [0.1, 0.15) is 0 Å². The molecule has 0 saturated heterocycles. The Morgan fingerprint density at radius 2 is 2.05 bits per heavy atom. The predicted octanol–water partition coefficient (Wildman–Crippen LogP) is 2.57. The van der Waals surface area contributed by atoms with Crippen LogP contribution >= 0.6 is 0 Å². The third-order valence-corrected chi connectivity index (χ3v) is 4.41. The Morgan fingerprint density at radius 1 is 1.33 bits per heavy atom. The molecule has 4 nitrogen and oxygen atoms in total. The fourth-order valence-electron chi connectivity index (χ4n) is 1.76. The average molecular weight is 320 g/mol. The van der Waals surface area contributed by atoms with Crippen molar-refractivity contribution in [1.82, 2.24) is 0 Å². The second-order valence-corrected chi connectivity index (χ2v) is 6.34. The molecular formula is C16H23NO3S. The molecule has 1 aromatic carbocycles. The van der Waals surface area contributed by atoms with E-state index in [2.05, 4.69) is 0 Å². The van der Waals surface area contributed by atoms with Crippen molar-refractivity contribution in [2.45, 2.75) is 43.2 Å². The number of sulfone groups is 1. The topological polar surface area (TPSA) is 77.2 Å². The summed E-state index contributed by atoms with van der Waals surface area (Å²) in [5, 5.41) is 0. The number of hydrogen-bond donors (Lipinski definition) is 1. The number of carbonyl (C=O) groups is 1. The fraction of sp³-hybridized carbons (Fsp3) is 0.562. The van der Waals surface area contributed by atoms with E-state index in [9.17, 15) is 13.2 Å². The number of ketones is 1. The third kappa shape index (κ3) is 4.38. The molecule has 0 bridgehead atoms. The number of benzene rings is 1. The van der Waals surface area contributed by atoms with Crippen molar-refractivity contribution in [1.29, 1.82) is 0 Å². The van der Waals surface area contributed by atoms with Crippen LogP contribution in [0.5, 0.6) is 0 Å². The van der Waals surface area contributed by atoms with Crippen molar-refractivity contribution in [2.75, 3.05) is 12.3 Å². The summed E-state index contributed by atoms with van der Waals surface area (Å²) in [5.74, 6) is -5.80. The van der Waals surface area contributed by atoms with Gasteiger partial charge in [-0.15, -0.1) is 0 Å². The lowest BCUT2D eigenvalue weighted by atomic mass is 9.91. The maximum absolute atomic E-state index is 13.1. The van der Waals surface area contributed by atoms with Crippen molar-refractivity contribution < 1.29 is 28.3 Å². The van der Waals surface area contributed by atoms with E-state index in [1.807, 2.05) is 0 Å². The smallest absolute Gasteiger partial charge is 0.178 e. The first-order valence-corrected chi connectivity index (χ1v) is 7.87. The molecule has 1 aliphatic carbocycles. The minimum Gasteiger partial charge on any atom is -0.330 e. The molecular weight excluding hydrogens is 286 g/mol. The van der Waals surface area contributed by atoms with E-state index >= 15 is 0 Å². The zero-order valence-corrected chi connectivity index (χ0v) is 12.0. The minimum atomic E-state index is -4.78. The van der Waals surface area contributed by atoms with E-state index in [0.717, 1.165) is 12.1 Å². The van der Waals surface area contributed by atoms with Gasteiger partial charge in [-0.1, -0.05) is 31.3 Å². The Hall–Kier alpha value is -1.20. The van der Waals surface area contributed by atoms with E-state index in [-0.39, 0.29) is 18.5 Å². The van der Waals surface area contributed by atoms with Gasteiger partial charge < -0.3 is 5.73 Å². The van der Waals surface area contributed by atoms with Crippen LogP contribution in [0.2, 0.25) is 0 Å². The summed E-state index contributed by atoms with van der Waals surface area (Å²) < 4.78 is 114. The highest BCUT2D eigenvalue weighted by molar-refractivity contribution is 7.91. The molecule has 21 heavy (non-hydrogen) atoms. The standard InChI is InChI=1S/C16H23NO3S/c17-10-9-16(18)14-7-4-8-15(11-14)21(19,20)12-13-5-2-1-3-6-13/h4,7-8,11,13H,1-3,5-6,9-10,12,17H2/i1D2,2D2,3D2,5D2,6D2,13D. The van der Waals surface area contributed by atoms with Crippen LogP contribution in [-0.2, 0) is 9.84 Å². The van der Waals surface area contributed by atoms with Gasteiger partial charge in [0.05, 0.1) is 10.6 Å². The summed E-state index contributed by atoms with van der Waals surface area (Å²) in [6.45, 7) is -0.00177. The van der Waals surface area contributed by atoms with Gasteiger partial charge in [-0.3, -0.25) is 4.79 Å². The summed E-state index contributed by atoms with van der Waals surface area (Å²) in [5.41, 5.74) is 5.27. The van der Waals surface area contributed by atoms with Gasteiger partial charge in [-0.2, -0.15) is 0 Å². The van der Waals surface area contributed by atoms with Gasteiger partial charge in [-0.05, 0) is 37.3 Å². The zero-order valence-electron chi connectivity index (χ0n) is 22.1. The SMILES string of the molecule is [2H]C1([2H])C([2H])([2H])C([2H])([2H])C([2H])(CS(=O)(=O)c2cccc(C(=O)CCN)c2)C([2H])([2H])C1([2H])[2H]. The maximum atomic E-state index is 13.1. The first-order valence-electron chi connectivity index (χ1n) is 11.7. The highest BCUT2D eigenvalue weighted by atomic mass is 32.2. The normalized spacial score (nSPS) is 38.0. The number of Topliss-reactive ketones (excluding diaryl/α,β-unsaturated/α-hetero) is 1. The molecule has 2 rings (SSSR count). The van der Waals surface area contributed by atoms with Crippen LogP contribution in [0.15, 0.2) is 29.2 Å². The number of carbonyl (C=O) groups excluding carboxylic acids is 1. The summed E-state index contributed by atoms with van der Waals surface area (Å²) in [4.78, 5) is 11.5. The molecule has 0 amide bonds. The Kier molecular flexibility index (Phi) is 2.37. The molecule has 1 aromatic rings. The van der Waals surface area contributed by atoms with Crippen LogP contribution in [-0.4, -0.2) is 26.5 Å². The third-order valence-electron chi connectivity index (χ3n) is 2.77. The first kappa shape index (κ1) is 6.92. The Balaban J connectivity index is 2.68. The Labute approximate surface area is 142 Å². The Morgan fingerprint density at radius 3 is 2.71 bits per heavy atom. The molecule has 2 N–H and O–H groups in total. The van der Waals surface area contributed by atoms with Gasteiger partial charge in [0.25, 0.3) is 0 Å². The lowest BCUT2D eigenvalue weighted by Gasteiger charge is -2.21. The number of rotatable bonds is 6. The van der Waals surface area contributed by atoms with Crippen LogP contribution in [0.1, 0.15) is 63.7 Å². The summed E-state index contributed by atoms with van der Waals surface area (Å²) >= 11 is 0. The summed E-state index contributed by atoms with van der Waals surface area (Å²) in [6, 6.07) is 4.47. The van der Waals surface area contributed by atoms with Crippen molar-refractivity contribution in [3.63, 3.8) is 0 Å². The number of nitrogens with two attached hydrogens (primary N) is 1. The van der Waals surface area contributed by atoms with Crippen LogP contribution in [0.25, 0.3) is 0 Å². The molecule has 0 aliphatic heterocycles. The number of hydrogen-bond acceptors (Lipinski definition) is 4. The van der Waals surface area contributed by atoms with Crippen LogP contribution in [0, 0.1) is 5.89 Å². The van der Waals surface area contributed by atoms with Crippen molar-refractivity contribution in [2.24, 2.45) is 11.6 Å². The highest BCUT2D eigenvalue weighted by Crippen LogP contribution is 2.27. The van der Waals surface area contributed by atoms with E-state index < -0.39 is 64.0 Å². The molecule has 0 atom stereocenters. The minimum absolute atomic E-state index is 0.00177. The average Bonchev–Trinajstić information content (AvgIpc) is 2.66. The largest absolute Gasteiger partial charge is 0.330 e. The summed E-state index contributed by atoms with van der Waals surface area (Å²) in [7, 11) is -4.78. The molecule has 5 heteroatoms. The monoisotopic (exact) mass is 320 g/mol. The Bertz CT molecular complexity index is 994. The molecule has 116 valence electrons. The van der Waals surface area contributed by atoms with Gasteiger partial charge in [-0.25, -0.2) is 8.42 Å². The molecule has 0 radical (unpaired) electrons. The summed E-state index contributed by atoms with van der Waals surface area (Å²) in [6.07, 6.45) is -18.9. The molecule has 0 heterocycles. The van der Waals surface area contributed by atoms with Crippen LogP contribution in [0.4, 0.5) is 0 Å². The lowest BCUT2D eigenvalue weighted by Crippen LogP contribution is -2.19. The molecule has 1 fully saturated rings. The van der Waals surface area contributed by atoms with Gasteiger partial charge >= 0.3 is 0 Å². The van der Waals surface area contributed by atoms with Crippen molar-refractivity contribution >= 4 is 15.6 Å². The molecule has 0 aromatic heterocycles. The van der Waals surface area contributed by atoms with E-state index in [4.69, 9.17) is 20.8 Å². The van der Waals surface area contributed by atoms with E-state index in [1.165, 1.54) is 12.1 Å². The fourth-order valence-corrected chi connectivity index (χ4v) is 3.04. The van der Waals surface area contributed by atoms with Crippen molar-refractivity contribution in [3.8, 4) is 0 Å². The second kappa shape index (κ2) is 7.18. The van der Waals surface area contributed by atoms with Crippen LogP contribution in [0.3, 0.4) is 0 Å². The predicted molar refractivity (Wildman–Crippen MR) is 83.1 cm³/mol. The quantitative estimate of drug-likeness (QED) is 0.817. The molecule has 0 spiro atoms. The van der Waals surface area contributed by atoms with Crippen LogP contribution < -0.4 is 5.73 Å². The molecule has 1 aliphatic rings. The lowest BCUT2D eigenvalue weighted by molar-refractivity contribution is 0.0985.